The Balaban J connectivity index is 1.51. The first kappa shape index (κ1) is 25.0. The van der Waals surface area contributed by atoms with Crippen LogP contribution in [0.1, 0.15) is 50.4 Å². The molecule has 1 atom stereocenters. The van der Waals surface area contributed by atoms with Gasteiger partial charge in [0.25, 0.3) is 0 Å². The van der Waals surface area contributed by atoms with Crippen LogP contribution in [0.3, 0.4) is 0 Å². The number of nitrogens with zero attached hydrogens (tertiary/aromatic N) is 3. The largest absolute Gasteiger partial charge is 0.497 e. The Bertz CT molecular complexity index is 1110. The highest BCUT2D eigenvalue weighted by atomic mass is 16.5. The second-order valence-electron chi connectivity index (χ2n) is 8.98. The molecule has 0 amide bonds. The molecule has 0 aliphatic carbocycles. The molecule has 3 aromatic rings. The van der Waals surface area contributed by atoms with Gasteiger partial charge in [0.2, 0.25) is 0 Å². The fraction of sp³-hybridized carbons (Fsp3) is 0.310. The maximum absolute atomic E-state index is 5.90. The number of methoxy groups -OCH3 is 1. The van der Waals surface area contributed by atoms with Crippen LogP contribution in [0.5, 0.6) is 11.5 Å². The fourth-order valence-electron chi connectivity index (χ4n) is 3.44. The minimum Gasteiger partial charge on any atom is -0.497 e. The van der Waals surface area contributed by atoms with Gasteiger partial charge in [0.1, 0.15) is 23.8 Å². The molecule has 0 radical (unpaired) electrons. The predicted octanol–water partition coefficient (Wildman–Crippen LogP) is 6.87. The van der Waals surface area contributed by atoms with Gasteiger partial charge in [-0.1, -0.05) is 66.3 Å². The highest BCUT2D eigenvalue weighted by Gasteiger charge is 2.15. The van der Waals surface area contributed by atoms with Gasteiger partial charge < -0.3 is 9.47 Å². The summed E-state index contributed by atoms with van der Waals surface area (Å²) in [7, 11) is 1.66. The molecule has 5 nitrogen and oxygen atoms in total. The maximum Gasteiger partial charge on any atom is 0.134 e. The van der Waals surface area contributed by atoms with Gasteiger partial charge in [-0.2, -0.15) is 0 Å². The van der Waals surface area contributed by atoms with E-state index in [2.05, 4.69) is 68.0 Å². The Kier molecular flexibility index (Phi) is 8.86. The van der Waals surface area contributed by atoms with E-state index >= 15 is 0 Å². The van der Waals surface area contributed by atoms with E-state index in [0.717, 1.165) is 41.2 Å². The first-order chi connectivity index (χ1) is 16.4. The van der Waals surface area contributed by atoms with Crippen LogP contribution in [-0.2, 0) is 13.2 Å². The van der Waals surface area contributed by atoms with Crippen molar-refractivity contribution < 1.29 is 9.47 Å². The number of rotatable bonds is 12. The van der Waals surface area contributed by atoms with Crippen LogP contribution in [0.15, 0.2) is 85.1 Å². The molecule has 0 unspecified atom stereocenters. The zero-order valence-electron chi connectivity index (χ0n) is 20.7. The van der Waals surface area contributed by atoms with Crippen molar-refractivity contribution in [1.29, 1.82) is 0 Å². The third-order valence-electron chi connectivity index (χ3n) is 5.71. The normalized spacial score (nSPS) is 12.8. The van der Waals surface area contributed by atoms with E-state index < -0.39 is 0 Å². The van der Waals surface area contributed by atoms with Crippen LogP contribution >= 0.6 is 0 Å². The van der Waals surface area contributed by atoms with E-state index in [-0.39, 0.29) is 5.41 Å². The van der Waals surface area contributed by atoms with Gasteiger partial charge in [0, 0.05) is 5.41 Å². The van der Waals surface area contributed by atoms with E-state index in [9.17, 15) is 0 Å². The topological polar surface area (TPSA) is 49.2 Å². The fourth-order valence-corrected chi connectivity index (χ4v) is 3.44. The molecule has 0 bridgehead atoms. The molecule has 5 heteroatoms. The van der Waals surface area contributed by atoms with Crippen LogP contribution in [0.2, 0.25) is 0 Å². The summed E-state index contributed by atoms with van der Waals surface area (Å²) in [4.78, 5) is 0. The molecule has 178 valence electrons. The van der Waals surface area contributed by atoms with Gasteiger partial charge in [-0.15, -0.1) is 11.7 Å². The zero-order valence-corrected chi connectivity index (χ0v) is 20.7. The average molecular weight is 458 g/mol. The second-order valence-corrected chi connectivity index (χ2v) is 8.98. The van der Waals surface area contributed by atoms with Crippen molar-refractivity contribution in [3.63, 3.8) is 0 Å². The number of hydrogen-bond donors (Lipinski definition) is 0. The molecule has 0 spiro atoms. The number of aromatic nitrogens is 3. The lowest BCUT2D eigenvalue weighted by molar-refractivity contribution is 0.301. The predicted molar refractivity (Wildman–Crippen MR) is 139 cm³/mol. The molecule has 0 aliphatic rings. The summed E-state index contributed by atoms with van der Waals surface area (Å²) in [5, 5.41) is 8.42. The maximum atomic E-state index is 5.90. The average Bonchev–Trinajstić information content (AvgIpc) is 3.29. The molecule has 0 saturated carbocycles. The third kappa shape index (κ3) is 7.77. The van der Waals surface area contributed by atoms with Crippen LogP contribution < -0.4 is 9.47 Å². The van der Waals surface area contributed by atoms with Crippen LogP contribution in [-0.4, -0.2) is 22.1 Å². The molecule has 0 aliphatic heterocycles. The molecule has 3 rings (SSSR count). The Morgan fingerprint density at radius 3 is 2.41 bits per heavy atom. The molecule has 0 saturated heterocycles. The molecular weight excluding hydrogens is 422 g/mol. The number of allylic oxidation sites excluding steroid dienone is 4. The van der Waals surface area contributed by atoms with Gasteiger partial charge >= 0.3 is 0 Å². The van der Waals surface area contributed by atoms with Crippen molar-refractivity contribution in [3.05, 3.63) is 102 Å². The molecule has 1 heterocycles. The smallest absolute Gasteiger partial charge is 0.134 e. The molecular formula is C29H35N3O2. The Morgan fingerprint density at radius 2 is 1.76 bits per heavy atom. The van der Waals surface area contributed by atoms with Crippen molar-refractivity contribution in [2.24, 2.45) is 5.41 Å². The summed E-state index contributed by atoms with van der Waals surface area (Å²) in [5.41, 5.74) is 4.37. The van der Waals surface area contributed by atoms with Gasteiger partial charge in [0.15, 0.2) is 0 Å². The van der Waals surface area contributed by atoms with Crippen LogP contribution in [0.25, 0.3) is 6.08 Å². The molecule has 2 aromatic carbocycles. The molecule has 0 fully saturated rings. The minimum atomic E-state index is -0.0290. The van der Waals surface area contributed by atoms with E-state index in [0.29, 0.717) is 13.2 Å². The van der Waals surface area contributed by atoms with Gasteiger partial charge in [0.05, 0.1) is 19.9 Å². The molecule has 0 N–H and O–H groups in total. The summed E-state index contributed by atoms with van der Waals surface area (Å²) in [5.74, 6) is 1.64. The number of benzene rings is 2. The minimum absolute atomic E-state index is 0.0290. The van der Waals surface area contributed by atoms with Crippen molar-refractivity contribution >= 4 is 6.08 Å². The monoisotopic (exact) mass is 457 g/mol. The first-order valence-corrected chi connectivity index (χ1v) is 11.6. The van der Waals surface area contributed by atoms with Crippen LogP contribution in [0.4, 0.5) is 0 Å². The Hall–Kier alpha value is -3.60. The SMILES string of the molecule is C=C[C@@](C)(/C=C/c1ccc(OCc2cn(Cc3ccc(OC)cc3)nn2)cc1)CCC=C(C)C. The van der Waals surface area contributed by atoms with E-state index in [1.807, 2.05) is 53.4 Å². The summed E-state index contributed by atoms with van der Waals surface area (Å²) in [6.45, 7) is 11.5. The second kappa shape index (κ2) is 12.0. The highest BCUT2D eigenvalue weighted by Crippen LogP contribution is 2.28. The number of hydrogen-bond acceptors (Lipinski definition) is 4. The van der Waals surface area contributed by atoms with Crippen molar-refractivity contribution in [2.75, 3.05) is 7.11 Å². The molecule has 34 heavy (non-hydrogen) atoms. The van der Waals surface area contributed by atoms with E-state index in [1.165, 1.54) is 5.57 Å². The highest BCUT2D eigenvalue weighted by molar-refractivity contribution is 5.52. The Labute approximate surface area is 203 Å². The first-order valence-electron chi connectivity index (χ1n) is 11.6. The lowest BCUT2D eigenvalue weighted by atomic mass is 9.84. The van der Waals surface area contributed by atoms with Crippen molar-refractivity contribution in [3.8, 4) is 11.5 Å². The number of ether oxygens (including phenoxy) is 2. The van der Waals surface area contributed by atoms with E-state index in [4.69, 9.17) is 9.47 Å². The van der Waals surface area contributed by atoms with Gasteiger partial charge in [-0.3, -0.25) is 0 Å². The quantitative estimate of drug-likeness (QED) is 0.279. The zero-order chi connectivity index (χ0) is 24.4. The Morgan fingerprint density at radius 1 is 1.06 bits per heavy atom. The summed E-state index contributed by atoms with van der Waals surface area (Å²) in [6, 6.07) is 16.0. The van der Waals surface area contributed by atoms with Crippen molar-refractivity contribution in [1.82, 2.24) is 15.0 Å². The summed E-state index contributed by atoms with van der Waals surface area (Å²) in [6.07, 6.45) is 12.7. The van der Waals surface area contributed by atoms with Crippen molar-refractivity contribution in [2.45, 2.75) is 46.8 Å². The molecule has 1 aromatic heterocycles. The van der Waals surface area contributed by atoms with Gasteiger partial charge in [-0.05, 0) is 62.1 Å². The third-order valence-corrected chi connectivity index (χ3v) is 5.71. The van der Waals surface area contributed by atoms with E-state index in [1.54, 1.807) is 7.11 Å². The standard InChI is InChI=1S/C29H35N3O2/c1-6-29(4,18-7-8-23(2)3)19-17-24-9-15-28(16-10-24)34-22-26-21-32(31-30-26)20-25-11-13-27(33-5)14-12-25/h6,8-17,19,21H,1,7,18,20,22H2,2-5H3/b19-17+/t29-/m1/s1. The lowest BCUT2D eigenvalue weighted by Crippen LogP contribution is -2.08. The van der Waals surface area contributed by atoms with Crippen LogP contribution in [0, 0.1) is 5.41 Å². The summed E-state index contributed by atoms with van der Waals surface area (Å²) >= 11 is 0. The van der Waals surface area contributed by atoms with Gasteiger partial charge in [-0.25, -0.2) is 4.68 Å². The summed E-state index contributed by atoms with van der Waals surface area (Å²) < 4.78 is 12.9. The lowest BCUT2D eigenvalue weighted by Gasteiger charge is -2.20.